The highest BCUT2D eigenvalue weighted by Gasteiger charge is 1.93. The van der Waals surface area contributed by atoms with Crippen molar-refractivity contribution in [1.29, 1.82) is 0 Å². The van der Waals surface area contributed by atoms with Gasteiger partial charge < -0.3 is 0 Å². The maximum absolute atomic E-state index is 4.45. The van der Waals surface area contributed by atoms with Gasteiger partial charge in [0.25, 0.3) is 0 Å². The number of nitrogens with zero attached hydrogens (tertiary/aromatic N) is 1. The second kappa shape index (κ2) is 5.26. The van der Waals surface area contributed by atoms with Gasteiger partial charge in [0, 0.05) is 6.21 Å². The SMILES string of the molecule is Cc1ccccc1CN=Cc1ccccc1. The van der Waals surface area contributed by atoms with E-state index in [0.717, 1.165) is 12.1 Å². The third kappa shape index (κ3) is 2.80. The monoisotopic (exact) mass is 209 g/mol. The normalized spacial score (nSPS) is 10.8. The summed E-state index contributed by atoms with van der Waals surface area (Å²) >= 11 is 0. The van der Waals surface area contributed by atoms with Crippen LogP contribution in [0.25, 0.3) is 0 Å². The Morgan fingerprint density at radius 3 is 2.38 bits per heavy atom. The van der Waals surface area contributed by atoms with Gasteiger partial charge >= 0.3 is 0 Å². The molecule has 0 fully saturated rings. The van der Waals surface area contributed by atoms with Crippen molar-refractivity contribution in [2.75, 3.05) is 0 Å². The Labute approximate surface area is 96.5 Å². The minimum absolute atomic E-state index is 0.752. The summed E-state index contributed by atoms with van der Waals surface area (Å²) in [6.07, 6.45) is 1.92. The smallest absolute Gasteiger partial charge is 0.0642 e. The van der Waals surface area contributed by atoms with Gasteiger partial charge in [0.05, 0.1) is 6.54 Å². The molecule has 1 nitrogen and oxygen atoms in total. The first-order valence-corrected chi connectivity index (χ1v) is 5.45. The van der Waals surface area contributed by atoms with E-state index < -0.39 is 0 Å². The number of aliphatic imine (C=N–C) groups is 1. The van der Waals surface area contributed by atoms with Crippen LogP contribution in [-0.2, 0) is 6.54 Å². The Morgan fingerprint density at radius 1 is 0.938 bits per heavy atom. The molecular formula is C15H15N. The van der Waals surface area contributed by atoms with E-state index in [2.05, 4.69) is 48.3 Å². The lowest BCUT2D eigenvalue weighted by molar-refractivity contribution is 1.05. The first kappa shape index (κ1) is 10.6. The van der Waals surface area contributed by atoms with E-state index in [0.29, 0.717) is 0 Å². The summed E-state index contributed by atoms with van der Waals surface area (Å²) in [6.45, 7) is 2.87. The highest BCUT2D eigenvalue weighted by Crippen LogP contribution is 2.08. The second-order valence-corrected chi connectivity index (χ2v) is 3.81. The summed E-state index contributed by atoms with van der Waals surface area (Å²) in [5.74, 6) is 0. The van der Waals surface area contributed by atoms with Crippen LogP contribution in [0.2, 0.25) is 0 Å². The molecule has 0 aliphatic rings. The molecule has 0 saturated carbocycles. The van der Waals surface area contributed by atoms with Crippen LogP contribution in [0.4, 0.5) is 0 Å². The van der Waals surface area contributed by atoms with Gasteiger partial charge in [-0.15, -0.1) is 0 Å². The Balaban J connectivity index is 2.03. The molecule has 0 unspecified atom stereocenters. The molecule has 0 saturated heterocycles. The third-order valence-corrected chi connectivity index (χ3v) is 2.56. The van der Waals surface area contributed by atoms with Crippen LogP contribution in [0.1, 0.15) is 16.7 Å². The van der Waals surface area contributed by atoms with Crippen LogP contribution < -0.4 is 0 Å². The maximum Gasteiger partial charge on any atom is 0.0642 e. The molecule has 0 N–H and O–H groups in total. The molecule has 0 aliphatic heterocycles. The minimum atomic E-state index is 0.752. The number of aryl methyl sites for hydroxylation is 1. The van der Waals surface area contributed by atoms with Crippen LogP contribution in [0.5, 0.6) is 0 Å². The second-order valence-electron chi connectivity index (χ2n) is 3.81. The van der Waals surface area contributed by atoms with Crippen molar-refractivity contribution in [2.24, 2.45) is 4.99 Å². The van der Waals surface area contributed by atoms with E-state index in [9.17, 15) is 0 Å². The lowest BCUT2D eigenvalue weighted by Gasteiger charge is -2.00. The molecule has 2 aromatic rings. The average Bonchev–Trinajstić information content (AvgIpc) is 2.33. The van der Waals surface area contributed by atoms with E-state index in [1.54, 1.807) is 0 Å². The lowest BCUT2D eigenvalue weighted by Crippen LogP contribution is -1.87. The zero-order chi connectivity index (χ0) is 11.2. The molecule has 0 heterocycles. The van der Waals surface area contributed by atoms with Gasteiger partial charge in [-0.05, 0) is 23.6 Å². The Morgan fingerprint density at radius 2 is 1.62 bits per heavy atom. The first-order chi connectivity index (χ1) is 7.86. The summed E-state index contributed by atoms with van der Waals surface area (Å²) in [5.41, 5.74) is 3.73. The van der Waals surface area contributed by atoms with Gasteiger partial charge in [-0.1, -0.05) is 54.6 Å². The van der Waals surface area contributed by atoms with Gasteiger partial charge in [-0.2, -0.15) is 0 Å². The summed E-state index contributed by atoms with van der Waals surface area (Å²) in [7, 11) is 0. The number of rotatable bonds is 3. The van der Waals surface area contributed by atoms with Crippen molar-refractivity contribution >= 4 is 6.21 Å². The van der Waals surface area contributed by atoms with Crippen LogP contribution in [0.3, 0.4) is 0 Å². The fourth-order valence-corrected chi connectivity index (χ4v) is 1.58. The fourth-order valence-electron chi connectivity index (χ4n) is 1.58. The van der Waals surface area contributed by atoms with Crippen LogP contribution in [-0.4, -0.2) is 6.21 Å². The van der Waals surface area contributed by atoms with Crippen LogP contribution >= 0.6 is 0 Å². The Kier molecular flexibility index (Phi) is 3.50. The molecule has 2 aromatic carbocycles. The van der Waals surface area contributed by atoms with E-state index in [1.165, 1.54) is 11.1 Å². The molecule has 1 heteroatoms. The van der Waals surface area contributed by atoms with Gasteiger partial charge in [-0.3, -0.25) is 4.99 Å². The third-order valence-electron chi connectivity index (χ3n) is 2.56. The largest absolute Gasteiger partial charge is 0.288 e. The van der Waals surface area contributed by atoms with Gasteiger partial charge in [0.15, 0.2) is 0 Å². The van der Waals surface area contributed by atoms with Crippen molar-refractivity contribution < 1.29 is 0 Å². The molecule has 16 heavy (non-hydrogen) atoms. The molecule has 0 amide bonds. The predicted octanol–water partition coefficient (Wildman–Crippen LogP) is 3.61. The van der Waals surface area contributed by atoms with Crippen molar-refractivity contribution in [3.05, 3.63) is 71.3 Å². The fraction of sp³-hybridized carbons (Fsp3) is 0.133. The number of hydrogen-bond acceptors (Lipinski definition) is 1. The Bertz CT molecular complexity index is 472. The average molecular weight is 209 g/mol. The van der Waals surface area contributed by atoms with Gasteiger partial charge in [0.1, 0.15) is 0 Å². The van der Waals surface area contributed by atoms with E-state index >= 15 is 0 Å². The quantitative estimate of drug-likeness (QED) is 0.685. The standard InChI is InChI=1S/C15H15N/c1-13-7-5-6-10-15(13)12-16-11-14-8-3-2-4-9-14/h2-11H,12H2,1H3. The van der Waals surface area contributed by atoms with E-state index in [4.69, 9.17) is 0 Å². The van der Waals surface area contributed by atoms with Crippen molar-refractivity contribution in [2.45, 2.75) is 13.5 Å². The molecule has 0 bridgehead atoms. The van der Waals surface area contributed by atoms with E-state index in [-0.39, 0.29) is 0 Å². The molecule has 80 valence electrons. The van der Waals surface area contributed by atoms with Gasteiger partial charge in [0.2, 0.25) is 0 Å². The van der Waals surface area contributed by atoms with Crippen molar-refractivity contribution in [3.8, 4) is 0 Å². The topological polar surface area (TPSA) is 12.4 Å². The first-order valence-electron chi connectivity index (χ1n) is 5.45. The maximum atomic E-state index is 4.45. The summed E-state index contributed by atoms with van der Waals surface area (Å²) < 4.78 is 0. The predicted molar refractivity (Wildman–Crippen MR) is 68.9 cm³/mol. The number of hydrogen-bond donors (Lipinski definition) is 0. The van der Waals surface area contributed by atoms with Crippen molar-refractivity contribution in [1.82, 2.24) is 0 Å². The highest BCUT2D eigenvalue weighted by atomic mass is 14.7. The Hall–Kier alpha value is -1.89. The zero-order valence-electron chi connectivity index (χ0n) is 9.43. The summed E-state index contributed by atoms with van der Waals surface area (Å²) in [6, 6.07) is 18.5. The molecular weight excluding hydrogens is 194 g/mol. The molecule has 0 aromatic heterocycles. The molecule has 0 radical (unpaired) electrons. The van der Waals surface area contributed by atoms with Crippen LogP contribution in [0.15, 0.2) is 59.6 Å². The lowest BCUT2D eigenvalue weighted by atomic mass is 10.1. The molecule has 0 aliphatic carbocycles. The minimum Gasteiger partial charge on any atom is -0.288 e. The van der Waals surface area contributed by atoms with Crippen LogP contribution in [0, 0.1) is 6.92 Å². The van der Waals surface area contributed by atoms with Crippen molar-refractivity contribution in [3.63, 3.8) is 0 Å². The summed E-state index contributed by atoms with van der Waals surface area (Å²) in [5, 5.41) is 0. The molecule has 0 spiro atoms. The molecule has 0 atom stereocenters. The van der Waals surface area contributed by atoms with Gasteiger partial charge in [-0.25, -0.2) is 0 Å². The highest BCUT2D eigenvalue weighted by molar-refractivity contribution is 5.79. The zero-order valence-corrected chi connectivity index (χ0v) is 9.43. The molecule has 2 rings (SSSR count). The van der Waals surface area contributed by atoms with E-state index in [1.807, 2.05) is 24.4 Å². The summed E-state index contributed by atoms with van der Waals surface area (Å²) in [4.78, 5) is 4.45. The number of benzene rings is 2.